The molecule has 1 atom stereocenters. The van der Waals surface area contributed by atoms with Gasteiger partial charge in [-0.15, -0.1) is 0 Å². The smallest absolute Gasteiger partial charge is 0.375 e. The summed E-state index contributed by atoms with van der Waals surface area (Å²) in [6.45, 7) is 3.21. The highest BCUT2D eigenvalue weighted by molar-refractivity contribution is 6.38. The number of carbonyl (C=O) groups is 3. The van der Waals surface area contributed by atoms with Gasteiger partial charge in [-0.3, -0.25) is 9.59 Å². The maximum Gasteiger partial charge on any atom is 0.375 e. The maximum atomic E-state index is 13.1. The van der Waals surface area contributed by atoms with Gasteiger partial charge in [0.25, 0.3) is 5.78 Å². The minimum absolute atomic E-state index is 0.0164. The van der Waals surface area contributed by atoms with Gasteiger partial charge in [0.15, 0.2) is 0 Å². The van der Waals surface area contributed by atoms with E-state index in [4.69, 9.17) is 16.3 Å². The first-order chi connectivity index (χ1) is 10.4. The summed E-state index contributed by atoms with van der Waals surface area (Å²) >= 11 is 5.66. The normalized spacial score (nSPS) is 11.6. The number of Topliss-reactive ketones (excluding diaryl/α,β-unsaturated/α-hetero) is 1. The molecule has 1 aromatic rings. The van der Waals surface area contributed by atoms with Crippen LogP contribution < -0.4 is 0 Å². The van der Waals surface area contributed by atoms with Crippen LogP contribution in [0.15, 0.2) is 18.2 Å². The van der Waals surface area contributed by atoms with E-state index in [-0.39, 0.29) is 24.7 Å². The maximum absolute atomic E-state index is 13.1. The summed E-state index contributed by atoms with van der Waals surface area (Å²) in [4.78, 5) is 35.5. The Bertz CT molecular complexity index is 573. The van der Waals surface area contributed by atoms with Gasteiger partial charge < -0.3 is 9.47 Å². The Labute approximate surface area is 132 Å². The third kappa shape index (κ3) is 4.80. The van der Waals surface area contributed by atoms with Crippen LogP contribution in [-0.4, -0.2) is 30.9 Å². The molecule has 0 aromatic heterocycles. The first-order valence-electron chi connectivity index (χ1n) is 6.72. The summed E-state index contributed by atoms with van der Waals surface area (Å²) in [6, 6.07) is 3.79. The predicted molar refractivity (Wildman–Crippen MR) is 76.9 cm³/mol. The molecule has 1 unspecified atom stereocenters. The quantitative estimate of drug-likeness (QED) is 0.436. The van der Waals surface area contributed by atoms with Crippen LogP contribution in [0.25, 0.3) is 0 Å². The summed E-state index contributed by atoms with van der Waals surface area (Å²) in [5, 5.41) is -0.135. The average molecular weight is 331 g/mol. The number of hydrogen-bond donors (Lipinski definition) is 0. The topological polar surface area (TPSA) is 69.7 Å². The first-order valence-corrected chi connectivity index (χ1v) is 7.10. The lowest BCUT2D eigenvalue weighted by Crippen LogP contribution is -2.34. The second-order valence-corrected chi connectivity index (χ2v) is 4.75. The third-order valence-electron chi connectivity index (χ3n) is 2.79. The molecule has 0 aliphatic heterocycles. The molecule has 1 aromatic carbocycles. The van der Waals surface area contributed by atoms with Crippen molar-refractivity contribution in [1.82, 2.24) is 0 Å². The van der Waals surface area contributed by atoms with Crippen molar-refractivity contribution in [2.24, 2.45) is 5.92 Å². The van der Waals surface area contributed by atoms with Gasteiger partial charge in [-0.25, -0.2) is 9.18 Å². The lowest BCUT2D eigenvalue weighted by atomic mass is 9.95. The van der Waals surface area contributed by atoms with Crippen molar-refractivity contribution < 1.29 is 28.2 Å². The Balaban J connectivity index is 2.99. The van der Waals surface area contributed by atoms with E-state index in [9.17, 15) is 18.8 Å². The van der Waals surface area contributed by atoms with Crippen LogP contribution in [-0.2, 0) is 30.3 Å². The second kappa shape index (κ2) is 8.48. The molecule has 5 nitrogen and oxygen atoms in total. The number of benzene rings is 1. The molecule has 0 saturated carbocycles. The van der Waals surface area contributed by atoms with Crippen LogP contribution in [0.3, 0.4) is 0 Å². The summed E-state index contributed by atoms with van der Waals surface area (Å²) < 4.78 is 22.6. The van der Waals surface area contributed by atoms with Crippen molar-refractivity contribution in [1.29, 1.82) is 0 Å². The summed E-state index contributed by atoms with van der Waals surface area (Å²) in [5.74, 6) is -4.90. The third-order valence-corrected chi connectivity index (χ3v) is 3.08. The van der Waals surface area contributed by atoms with Gasteiger partial charge in [0, 0.05) is 0 Å². The summed E-state index contributed by atoms with van der Waals surface area (Å²) in [5.41, 5.74) is 0.433. The number of ether oxygens (including phenoxy) is 2. The van der Waals surface area contributed by atoms with E-state index in [1.54, 1.807) is 13.8 Å². The number of rotatable bonds is 7. The van der Waals surface area contributed by atoms with Crippen molar-refractivity contribution in [2.75, 3.05) is 13.2 Å². The fraction of sp³-hybridized carbons (Fsp3) is 0.400. The van der Waals surface area contributed by atoms with E-state index in [1.165, 1.54) is 12.1 Å². The van der Waals surface area contributed by atoms with E-state index in [1.807, 2.05) is 0 Å². The Hall–Kier alpha value is -1.95. The Morgan fingerprint density at radius 2 is 1.82 bits per heavy atom. The van der Waals surface area contributed by atoms with Gasteiger partial charge in [-0.2, -0.15) is 0 Å². The van der Waals surface area contributed by atoms with Gasteiger partial charge in [0.2, 0.25) is 0 Å². The zero-order valence-electron chi connectivity index (χ0n) is 12.2. The lowest BCUT2D eigenvalue weighted by Gasteiger charge is -2.14. The molecule has 0 radical (unpaired) electrons. The molecule has 22 heavy (non-hydrogen) atoms. The predicted octanol–water partition coefficient (Wildman–Crippen LogP) is 2.33. The Morgan fingerprint density at radius 3 is 2.36 bits per heavy atom. The molecule has 1 rings (SSSR count). The van der Waals surface area contributed by atoms with Gasteiger partial charge in [0.05, 0.1) is 18.2 Å². The van der Waals surface area contributed by atoms with Gasteiger partial charge in [-0.05, 0) is 38.0 Å². The van der Waals surface area contributed by atoms with Crippen LogP contribution >= 0.6 is 11.6 Å². The number of carbonyl (C=O) groups excluding carboxylic acids is 3. The molecule has 0 bridgehead atoms. The number of esters is 2. The van der Waals surface area contributed by atoms with Crippen LogP contribution in [0.4, 0.5) is 4.39 Å². The molecule has 0 saturated heterocycles. The highest BCUT2D eigenvalue weighted by Crippen LogP contribution is 2.20. The molecule has 120 valence electrons. The van der Waals surface area contributed by atoms with Crippen molar-refractivity contribution in [3.05, 3.63) is 34.6 Å². The fourth-order valence-corrected chi connectivity index (χ4v) is 1.98. The number of hydrogen-bond acceptors (Lipinski definition) is 5. The first kappa shape index (κ1) is 18.1. The molecule has 0 amide bonds. The van der Waals surface area contributed by atoms with Crippen molar-refractivity contribution >= 4 is 29.3 Å². The van der Waals surface area contributed by atoms with E-state index < -0.39 is 29.5 Å². The van der Waals surface area contributed by atoms with Gasteiger partial charge in [0.1, 0.15) is 11.7 Å². The molecule has 0 aliphatic rings. The molecule has 0 N–H and O–H groups in total. The van der Waals surface area contributed by atoms with E-state index >= 15 is 0 Å². The average Bonchev–Trinajstić information content (AvgIpc) is 2.48. The molecule has 7 heteroatoms. The van der Waals surface area contributed by atoms with Crippen molar-refractivity contribution in [3.8, 4) is 0 Å². The van der Waals surface area contributed by atoms with Crippen molar-refractivity contribution in [2.45, 2.75) is 20.3 Å². The SMILES string of the molecule is CCOC(=O)C(=O)C(Cc1ccc(F)c(Cl)c1)C(=O)OCC. The number of halogens is 2. The standard InChI is InChI=1S/C15H16ClFO5/c1-3-21-14(19)10(13(18)15(20)22-4-2)7-9-5-6-12(17)11(16)8-9/h5-6,8,10H,3-4,7H2,1-2H3. The zero-order valence-corrected chi connectivity index (χ0v) is 13.0. The summed E-state index contributed by atoms with van der Waals surface area (Å²) in [6.07, 6.45) is -0.128. The Kier molecular flexibility index (Phi) is 6.98. The van der Waals surface area contributed by atoms with E-state index in [0.717, 1.165) is 6.07 Å². The van der Waals surface area contributed by atoms with Crippen LogP contribution in [0.2, 0.25) is 5.02 Å². The molecule has 0 fully saturated rings. The largest absolute Gasteiger partial charge is 0.465 e. The highest BCUT2D eigenvalue weighted by Gasteiger charge is 2.34. The van der Waals surface area contributed by atoms with E-state index in [0.29, 0.717) is 5.56 Å². The van der Waals surface area contributed by atoms with Crippen LogP contribution in [0.1, 0.15) is 19.4 Å². The highest BCUT2D eigenvalue weighted by atomic mass is 35.5. The van der Waals surface area contributed by atoms with Crippen LogP contribution in [0, 0.1) is 11.7 Å². The van der Waals surface area contributed by atoms with Crippen molar-refractivity contribution in [3.63, 3.8) is 0 Å². The minimum atomic E-state index is -1.35. The van der Waals surface area contributed by atoms with Crippen LogP contribution in [0.5, 0.6) is 0 Å². The van der Waals surface area contributed by atoms with Gasteiger partial charge >= 0.3 is 11.9 Å². The fourth-order valence-electron chi connectivity index (χ4n) is 1.77. The lowest BCUT2D eigenvalue weighted by molar-refractivity contribution is -0.162. The number of ketones is 1. The van der Waals surface area contributed by atoms with Gasteiger partial charge in [-0.1, -0.05) is 17.7 Å². The second-order valence-electron chi connectivity index (χ2n) is 4.34. The minimum Gasteiger partial charge on any atom is -0.465 e. The molecule has 0 aliphatic carbocycles. The molecule has 0 heterocycles. The zero-order chi connectivity index (χ0) is 16.7. The molecular weight excluding hydrogens is 315 g/mol. The van der Waals surface area contributed by atoms with E-state index in [2.05, 4.69) is 4.74 Å². The monoisotopic (exact) mass is 330 g/mol. The molecule has 0 spiro atoms. The Morgan fingerprint density at radius 1 is 1.18 bits per heavy atom. The summed E-state index contributed by atoms with van der Waals surface area (Å²) in [7, 11) is 0. The molecular formula is C15H16ClFO5.